The Bertz CT molecular complexity index is 656. The Labute approximate surface area is 129 Å². The van der Waals surface area contributed by atoms with Crippen molar-refractivity contribution in [1.29, 1.82) is 0 Å². The molecule has 110 valence electrons. The van der Waals surface area contributed by atoms with Crippen LogP contribution in [0.1, 0.15) is 31.0 Å². The van der Waals surface area contributed by atoms with Gasteiger partial charge in [-0.15, -0.1) is 11.3 Å². The van der Waals surface area contributed by atoms with E-state index in [1.807, 2.05) is 0 Å². The molecule has 3 aromatic rings. The van der Waals surface area contributed by atoms with Crippen LogP contribution in [-0.2, 0) is 6.42 Å². The van der Waals surface area contributed by atoms with Crippen molar-refractivity contribution in [3.05, 3.63) is 59.4 Å². The van der Waals surface area contributed by atoms with Gasteiger partial charge < -0.3 is 5.32 Å². The molecule has 2 heterocycles. The van der Waals surface area contributed by atoms with Gasteiger partial charge in [0.25, 0.3) is 0 Å². The summed E-state index contributed by atoms with van der Waals surface area (Å²) in [7, 11) is 0. The second-order valence-corrected chi connectivity index (χ2v) is 6.57. The van der Waals surface area contributed by atoms with Crippen molar-refractivity contribution in [2.24, 2.45) is 0 Å². The largest absolute Gasteiger partial charge is 0.314 e. The van der Waals surface area contributed by atoms with E-state index in [0.29, 0.717) is 12.0 Å². The van der Waals surface area contributed by atoms with Gasteiger partial charge in [0.1, 0.15) is 0 Å². The molecule has 3 rings (SSSR count). The van der Waals surface area contributed by atoms with Crippen LogP contribution in [0.15, 0.2) is 48.1 Å². The second-order valence-electron chi connectivity index (χ2n) is 5.70. The highest BCUT2D eigenvalue weighted by Crippen LogP contribution is 2.21. The van der Waals surface area contributed by atoms with Crippen LogP contribution in [0.25, 0.3) is 4.96 Å². The zero-order chi connectivity index (χ0) is 14.7. The van der Waals surface area contributed by atoms with E-state index >= 15 is 0 Å². The van der Waals surface area contributed by atoms with Crippen molar-refractivity contribution in [3.63, 3.8) is 0 Å². The summed E-state index contributed by atoms with van der Waals surface area (Å²) in [5.41, 5.74) is 2.54. The lowest BCUT2D eigenvalue weighted by molar-refractivity contribution is 0.524. The number of imidazole rings is 1. The van der Waals surface area contributed by atoms with Crippen molar-refractivity contribution in [2.75, 3.05) is 6.54 Å². The van der Waals surface area contributed by atoms with Crippen LogP contribution >= 0.6 is 11.3 Å². The Balaban J connectivity index is 1.79. The Morgan fingerprint density at radius 2 is 2.05 bits per heavy atom. The lowest BCUT2D eigenvalue weighted by Crippen LogP contribution is -2.29. The molecule has 1 aromatic carbocycles. The zero-order valence-corrected chi connectivity index (χ0v) is 13.3. The molecule has 0 saturated carbocycles. The highest BCUT2D eigenvalue weighted by atomic mass is 32.1. The summed E-state index contributed by atoms with van der Waals surface area (Å²) >= 11 is 1.69. The van der Waals surface area contributed by atoms with Crippen LogP contribution in [0.3, 0.4) is 0 Å². The Morgan fingerprint density at radius 1 is 1.24 bits per heavy atom. The predicted molar refractivity (Wildman–Crippen MR) is 89.1 cm³/mol. The minimum absolute atomic E-state index is 0.457. The van der Waals surface area contributed by atoms with E-state index in [2.05, 4.69) is 71.7 Å². The van der Waals surface area contributed by atoms with Gasteiger partial charge in [-0.25, -0.2) is 4.98 Å². The zero-order valence-electron chi connectivity index (χ0n) is 12.5. The number of benzene rings is 1. The van der Waals surface area contributed by atoms with Crippen LogP contribution in [0, 0.1) is 0 Å². The molecule has 3 nitrogen and oxygen atoms in total. The van der Waals surface area contributed by atoms with Crippen LogP contribution in [0.5, 0.6) is 0 Å². The number of fused-ring (bicyclic) bond motifs is 1. The molecule has 0 fully saturated rings. The van der Waals surface area contributed by atoms with E-state index in [1.165, 1.54) is 11.3 Å². The average Bonchev–Trinajstić information content (AvgIpc) is 3.05. The fourth-order valence-electron chi connectivity index (χ4n) is 2.54. The first-order chi connectivity index (χ1) is 10.2. The van der Waals surface area contributed by atoms with Gasteiger partial charge in [-0.1, -0.05) is 44.2 Å². The first-order valence-corrected chi connectivity index (χ1v) is 8.30. The quantitative estimate of drug-likeness (QED) is 0.751. The topological polar surface area (TPSA) is 29.3 Å². The molecule has 0 aliphatic rings. The third-order valence-electron chi connectivity index (χ3n) is 3.64. The first kappa shape index (κ1) is 14.3. The second kappa shape index (κ2) is 6.41. The fraction of sp³-hybridized carbons (Fsp3) is 0.353. The van der Waals surface area contributed by atoms with Gasteiger partial charge >= 0.3 is 0 Å². The third kappa shape index (κ3) is 3.52. The van der Waals surface area contributed by atoms with Crippen molar-refractivity contribution in [3.8, 4) is 0 Å². The molecule has 0 aliphatic carbocycles. The fourth-order valence-corrected chi connectivity index (χ4v) is 3.26. The molecule has 0 spiro atoms. The molecule has 1 unspecified atom stereocenters. The molecule has 1 atom stereocenters. The number of nitrogens with zero attached hydrogens (tertiary/aromatic N) is 2. The van der Waals surface area contributed by atoms with Gasteiger partial charge in [0.2, 0.25) is 0 Å². The summed E-state index contributed by atoms with van der Waals surface area (Å²) in [6, 6.07) is 11.2. The molecule has 0 bridgehead atoms. The van der Waals surface area contributed by atoms with Crippen LogP contribution in [-0.4, -0.2) is 22.0 Å². The summed E-state index contributed by atoms with van der Waals surface area (Å²) in [4.78, 5) is 5.80. The van der Waals surface area contributed by atoms with Gasteiger partial charge in [0.15, 0.2) is 4.96 Å². The number of nitrogens with one attached hydrogen (secondary N) is 1. The predicted octanol–water partition coefficient (Wildman–Crippen LogP) is 3.72. The number of rotatable bonds is 6. The minimum atomic E-state index is 0.457. The van der Waals surface area contributed by atoms with Gasteiger partial charge in [-0.2, -0.15) is 0 Å². The normalized spacial score (nSPS) is 13.1. The highest BCUT2D eigenvalue weighted by Gasteiger charge is 2.15. The van der Waals surface area contributed by atoms with E-state index in [4.69, 9.17) is 4.98 Å². The summed E-state index contributed by atoms with van der Waals surface area (Å²) in [6.45, 7) is 5.36. The maximum absolute atomic E-state index is 4.72. The summed E-state index contributed by atoms with van der Waals surface area (Å²) < 4.78 is 2.11. The minimum Gasteiger partial charge on any atom is -0.314 e. The van der Waals surface area contributed by atoms with Crippen LogP contribution in [0.2, 0.25) is 0 Å². The van der Waals surface area contributed by atoms with Crippen molar-refractivity contribution in [1.82, 2.24) is 14.7 Å². The monoisotopic (exact) mass is 299 g/mol. The standard InChI is InChI=1S/C17H21N3S/c1-13(2)18-11-15(14-6-4-3-5-7-14)10-16-12-20-8-9-21-17(20)19-16/h3-9,12-13,15,18H,10-11H2,1-2H3. The number of thiazole rings is 1. The molecule has 21 heavy (non-hydrogen) atoms. The van der Waals surface area contributed by atoms with Gasteiger partial charge in [-0.3, -0.25) is 4.40 Å². The SMILES string of the molecule is CC(C)NCC(Cc1cn2ccsc2n1)c1ccccc1. The summed E-state index contributed by atoms with van der Waals surface area (Å²) in [6.07, 6.45) is 5.19. The molecule has 1 N–H and O–H groups in total. The molecule has 0 saturated heterocycles. The lowest BCUT2D eigenvalue weighted by Gasteiger charge is -2.19. The van der Waals surface area contributed by atoms with E-state index in [-0.39, 0.29) is 0 Å². The van der Waals surface area contributed by atoms with E-state index in [1.54, 1.807) is 11.3 Å². The smallest absolute Gasteiger partial charge is 0.193 e. The Kier molecular flexibility index (Phi) is 4.36. The molecule has 0 amide bonds. The maximum Gasteiger partial charge on any atom is 0.193 e. The first-order valence-electron chi connectivity index (χ1n) is 7.42. The van der Waals surface area contributed by atoms with E-state index in [9.17, 15) is 0 Å². The molecule has 0 radical (unpaired) electrons. The van der Waals surface area contributed by atoms with E-state index < -0.39 is 0 Å². The van der Waals surface area contributed by atoms with Crippen LogP contribution in [0.4, 0.5) is 0 Å². The molecular formula is C17H21N3S. The van der Waals surface area contributed by atoms with Gasteiger partial charge in [0, 0.05) is 36.3 Å². The molecule has 2 aromatic heterocycles. The van der Waals surface area contributed by atoms with E-state index in [0.717, 1.165) is 17.9 Å². The molecular weight excluding hydrogens is 278 g/mol. The number of hydrogen-bond acceptors (Lipinski definition) is 3. The lowest BCUT2D eigenvalue weighted by atomic mass is 9.94. The van der Waals surface area contributed by atoms with Crippen molar-refractivity contribution < 1.29 is 0 Å². The average molecular weight is 299 g/mol. The summed E-state index contributed by atoms with van der Waals surface area (Å²) in [5.74, 6) is 0.457. The summed E-state index contributed by atoms with van der Waals surface area (Å²) in [5, 5.41) is 5.63. The highest BCUT2D eigenvalue weighted by molar-refractivity contribution is 7.15. The third-order valence-corrected chi connectivity index (χ3v) is 4.41. The van der Waals surface area contributed by atoms with Crippen molar-refractivity contribution >= 4 is 16.3 Å². The number of aromatic nitrogens is 2. The molecule has 4 heteroatoms. The number of hydrogen-bond donors (Lipinski definition) is 1. The molecule has 0 aliphatic heterocycles. The van der Waals surface area contributed by atoms with Crippen LogP contribution < -0.4 is 5.32 Å². The Hall–Kier alpha value is -1.65. The van der Waals surface area contributed by atoms with Crippen molar-refractivity contribution in [2.45, 2.75) is 32.2 Å². The van der Waals surface area contributed by atoms with Gasteiger partial charge in [-0.05, 0) is 12.0 Å². The Morgan fingerprint density at radius 3 is 2.76 bits per heavy atom. The maximum atomic E-state index is 4.72. The van der Waals surface area contributed by atoms with Gasteiger partial charge in [0.05, 0.1) is 5.69 Å².